The van der Waals surface area contributed by atoms with Crippen LogP contribution < -0.4 is 50.1 Å². The first-order valence-electron chi connectivity index (χ1n) is 28.4. The standard InChI is InChI=1S/2C34H32O7/c2*1-15-10-17-18(12-16-8-6-5-7-9-16)32(37)26-20(35)13-22(39-2)28-29-23(40-3)14-21(36)27-31(29)25(24(17)30(26)28)19(11-15)34(41-4)33(27)38/h11,13-14,16,37-38H,5-10,12H2,1-4H3;10,13-14,16,37-38H,5-9,11-12H2,1-4H3. The topological polar surface area (TPSA) is 205 Å². The fraction of sp³-hybridized carbons (Fsp3) is 0.353. The second kappa shape index (κ2) is 19.6. The van der Waals surface area contributed by atoms with Gasteiger partial charge in [-0.05, 0) is 84.2 Å². The highest BCUT2D eigenvalue weighted by Gasteiger charge is 2.36. The SMILES string of the molecule is COc1c(O)c2c(=O)cc(OC)c3c4c(OC)cc(=O)c5c(O)c(CC6CCCCC6)c6c(c(c1C=C(C)C6)c23)c54.COc1c(O)c2c(=O)cc(OC)c3c4c(OC)cc(=O)c5c(O)c(CC6CCCCC6)c6c(c(c1CC(C)=C6)c23)c54. The maximum atomic E-state index is 13.8. The Kier molecular flexibility index (Phi) is 12.6. The zero-order valence-corrected chi connectivity index (χ0v) is 47.4. The number of hydrogen-bond donors (Lipinski definition) is 4. The molecule has 0 heterocycles. The van der Waals surface area contributed by atoms with E-state index in [1.165, 1.54) is 79.8 Å². The van der Waals surface area contributed by atoms with Crippen molar-refractivity contribution in [3.63, 3.8) is 0 Å². The van der Waals surface area contributed by atoms with Crippen molar-refractivity contribution in [2.24, 2.45) is 11.8 Å². The zero-order chi connectivity index (χ0) is 57.5. The molecule has 2 fully saturated rings. The first kappa shape index (κ1) is 52.8. The van der Waals surface area contributed by atoms with Gasteiger partial charge in [0.25, 0.3) is 0 Å². The van der Waals surface area contributed by atoms with Crippen LogP contribution in [0.3, 0.4) is 0 Å². The number of benzene rings is 10. The van der Waals surface area contributed by atoms with Crippen LogP contribution in [0.1, 0.15) is 111 Å². The highest BCUT2D eigenvalue weighted by molar-refractivity contribution is 6.40. The molecule has 4 aliphatic rings. The Morgan fingerprint density at radius 2 is 0.707 bits per heavy atom. The van der Waals surface area contributed by atoms with Crippen LogP contribution in [-0.2, 0) is 25.7 Å². The summed E-state index contributed by atoms with van der Waals surface area (Å²) in [5, 5.41) is 55.1. The summed E-state index contributed by atoms with van der Waals surface area (Å²) < 4.78 is 34.6. The van der Waals surface area contributed by atoms with E-state index in [9.17, 15) is 39.6 Å². The van der Waals surface area contributed by atoms with Crippen molar-refractivity contribution in [3.05, 3.63) is 110 Å². The highest BCUT2D eigenvalue weighted by Crippen LogP contribution is 2.58. The summed E-state index contributed by atoms with van der Waals surface area (Å²) in [6.07, 6.45) is 17.8. The number of methoxy groups -OCH3 is 6. The van der Waals surface area contributed by atoms with Gasteiger partial charge in [0.15, 0.2) is 44.7 Å². The van der Waals surface area contributed by atoms with Crippen molar-refractivity contribution in [1.29, 1.82) is 0 Å². The van der Waals surface area contributed by atoms with Gasteiger partial charge in [-0.3, -0.25) is 19.2 Å². The molecule has 420 valence electrons. The lowest BCUT2D eigenvalue weighted by Gasteiger charge is -2.26. The molecule has 14 nitrogen and oxygen atoms in total. The summed E-state index contributed by atoms with van der Waals surface area (Å²) in [5.74, 6) is 2.09. The Labute approximate surface area is 470 Å². The van der Waals surface area contributed by atoms with E-state index in [1.54, 1.807) is 0 Å². The minimum absolute atomic E-state index is 0.00979. The number of fused-ring (bicyclic) bond motifs is 2. The molecule has 0 aromatic heterocycles. The molecule has 82 heavy (non-hydrogen) atoms. The first-order valence-corrected chi connectivity index (χ1v) is 28.4. The summed E-state index contributed by atoms with van der Waals surface area (Å²) in [5.41, 5.74) is 5.27. The first-order chi connectivity index (χ1) is 39.6. The number of allylic oxidation sites excluding steroid dienone is 2. The third-order valence-corrected chi connectivity index (χ3v) is 18.7. The highest BCUT2D eigenvalue weighted by atomic mass is 16.5. The molecule has 0 radical (unpaired) electrons. The van der Waals surface area contributed by atoms with Crippen LogP contribution in [0.4, 0.5) is 0 Å². The lowest BCUT2D eigenvalue weighted by atomic mass is 9.79. The Balaban J connectivity index is 0.000000154. The quantitative estimate of drug-likeness (QED) is 0.0743. The molecule has 14 rings (SSSR count). The molecule has 0 spiro atoms. The number of hydrogen-bond acceptors (Lipinski definition) is 14. The van der Waals surface area contributed by atoms with Crippen molar-refractivity contribution >= 4 is 98.3 Å². The van der Waals surface area contributed by atoms with E-state index in [1.807, 2.05) is 19.9 Å². The van der Waals surface area contributed by atoms with Gasteiger partial charge in [0.05, 0.1) is 64.2 Å². The minimum Gasteiger partial charge on any atom is -0.507 e. The Hall–Kier alpha value is -8.52. The Morgan fingerprint density at radius 3 is 1.13 bits per heavy atom. The lowest BCUT2D eigenvalue weighted by molar-refractivity contribution is 0.351. The van der Waals surface area contributed by atoms with Gasteiger partial charge in [0, 0.05) is 89.4 Å². The molecule has 10 aromatic carbocycles. The number of phenols is 4. The summed E-state index contributed by atoms with van der Waals surface area (Å²) in [6.45, 7) is 4.03. The van der Waals surface area contributed by atoms with Crippen molar-refractivity contribution in [2.45, 2.75) is 104 Å². The van der Waals surface area contributed by atoms with Crippen LogP contribution >= 0.6 is 0 Å². The average molecular weight is 1110 g/mol. The van der Waals surface area contributed by atoms with E-state index < -0.39 is 10.9 Å². The van der Waals surface area contributed by atoms with E-state index in [0.717, 1.165) is 106 Å². The average Bonchev–Trinajstić information content (AvgIpc) is 1.15. The molecule has 4 aliphatic carbocycles. The van der Waals surface area contributed by atoms with Crippen LogP contribution in [0.15, 0.2) is 54.6 Å². The number of aromatic hydroxyl groups is 4. The minimum atomic E-state index is -0.397. The van der Waals surface area contributed by atoms with Crippen LogP contribution in [0.25, 0.3) is 98.3 Å². The number of phenolic OH excluding ortho intramolecular Hbond substituents is 4. The molecule has 0 bridgehead atoms. The monoisotopic (exact) mass is 1100 g/mol. The van der Waals surface area contributed by atoms with E-state index in [4.69, 9.17) is 28.4 Å². The Bertz CT molecular complexity index is 4700. The van der Waals surface area contributed by atoms with Crippen LogP contribution in [0, 0.1) is 11.8 Å². The summed E-state index contributed by atoms with van der Waals surface area (Å²) in [6, 6.07) is 5.50. The molecule has 2 saturated carbocycles. The zero-order valence-electron chi connectivity index (χ0n) is 47.4. The fourth-order valence-corrected chi connectivity index (χ4v) is 15.4. The van der Waals surface area contributed by atoms with Gasteiger partial charge in [-0.25, -0.2) is 0 Å². The normalized spacial score (nSPS) is 15.8. The second-order valence-electron chi connectivity index (χ2n) is 23.3. The van der Waals surface area contributed by atoms with Crippen molar-refractivity contribution in [2.75, 3.05) is 42.7 Å². The largest absolute Gasteiger partial charge is 0.507 e. The molecule has 0 saturated heterocycles. The molecule has 0 amide bonds. The lowest BCUT2D eigenvalue weighted by Crippen LogP contribution is -2.13. The Morgan fingerprint density at radius 1 is 0.366 bits per heavy atom. The molecular formula is C68H64O14. The third kappa shape index (κ3) is 7.37. The van der Waals surface area contributed by atoms with Crippen LogP contribution in [0.5, 0.6) is 57.5 Å². The van der Waals surface area contributed by atoms with E-state index in [2.05, 4.69) is 6.08 Å². The molecule has 4 N–H and O–H groups in total. The summed E-state index contributed by atoms with van der Waals surface area (Å²) >= 11 is 0. The van der Waals surface area contributed by atoms with Crippen molar-refractivity contribution in [3.8, 4) is 57.5 Å². The van der Waals surface area contributed by atoms with Crippen molar-refractivity contribution in [1.82, 2.24) is 0 Å². The number of rotatable bonds is 10. The van der Waals surface area contributed by atoms with Gasteiger partial charge in [0.2, 0.25) is 0 Å². The predicted octanol–water partition coefficient (Wildman–Crippen LogP) is 12.8. The van der Waals surface area contributed by atoms with Gasteiger partial charge in [-0.1, -0.05) is 87.5 Å². The van der Waals surface area contributed by atoms with Gasteiger partial charge in [-0.15, -0.1) is 0 Å². The maximum Gasteiger partial charge on any atom is 0.194 e. The third-order valence-electron chi connectivity index (χ3n) is 18.7. The summed E-state index contributed by atoms with van der Waals surface area (Å²) in [4.78, 5) is 54.7. The van der Waals surface area contributed by atoms with Crippen molar-refractivity contribution < 1.29 is 48.8 Å². The van der Waals surface area contributed by atoms with E-state index >= 15 is 0 Å². The molecule has 10 aromatic rings. The van der Waals surface area contributed by atoms with E-state index in [0.29, 0.717) is 115 Å². The molecule has 14 heteroatoms. The second-order valence-corrected chi connectivity index (χ2v) is 23.3. The number of ether oxygens (including phenoxy) is 6. The molecular weight excluding hydrogens is 1040 g/mol. The van der Waals surface area contributed by atoms with Crippen LogP contribution in [0.2, 0.25) is 0 Å². The maximum absolute atomic E-state index is 13.8. The van der Waals surface area contributed by atoms with Gasteiger partial charge in [-0.2, -0.15) is 0 Å². The predicted molar refractivity (Wildman–Crippen MR) is 324 cm³/mol. The van der Waals surface area contributed by atoms with E-state index in [-0.39, 0.29) is 66.9 Å². The molecule has 0 unspecified atom stereocenters. The van der Waals surface area contributed by atoms with Gasteiger partial charge in [0.1, 0.15) is 34.5 Å². The summed E-state index contributed by atoms with van der Waals surface area (Å²) in [7, 11) is 8.93. The smallest absolute Gasteiger partial charge is 0.194 e. The van der Waals surface area contributed by atoms with Crippen LogP contribution in [-0.4, -0.2) is 63.1 Å². The van der Waals surface area contributed by atoms with Gasteiger partial charge >= 0.3 is 0 Å². The molecule has 0 aliphatic heterocycles. The molecule has 0 atom stereocenters. The van der Waals surface area contributed by atoms with Gasteiger partial charge < -0.3 is 48.8 Å². The fourth-order valence-electron chi connectivity index (χ4n) is 15.4.